The molecule has 0 aliphatic carbocycles. The zero-order valence-corrected chi connectivity index (χ0v) is 11.9. The van der Waals surface area contributed by atoms with E-state index in [-0.39, 0.29) is 5.92 Å². The monoisotopic (exact) mass is 277 g/mol. The first-order valence-corrected chi connectivity index (χ1v) is 6.76. The van der Waals surface area contributed by atoms with E-state index in [4.69, 9.17) is 4.52 Å². The Morgan fingerprint density at radius 3 is 2.80 bits per heavy atom. The van der Waals surface area contributed by atoms with Gasteiger partial charge in [-0.25, -0.2) is 4.68 Å². The molecule has 0 spiro atoms. The van der Waals surface area contributed by atoms with Crippen LogP contribution in [0.5, 0.6) is 0 Å². The molecule has 1 aliphatic rings. The number of anilines is 1. The summed E-state index contributed by atoms with van der Waals surface area (Å²) in [6, 6.07) is 1.92. The average Bonchev–Trinajstić information content (AvgIpc) is 3.02. The van der Waals surface area contributed by atoms with Crippen molar-refractivity contribution in [3.63, 3.8) is 0 Å². The Balaban J connectivity index is 1.72. The van der Waals surface area contributed by atoms with E-state index in [0.717, 1.165) is 29.8 Å². The molecule has 0 bridgehead atoms. The lowest BCUT2D eigenvalue weighted by atomic mass is 10.0. The van der Waals surface area contributed by atoms with Crippen LogP contribution in [0, 0.1) is 19.8 Å². The molecule has 1 saturated heterocycles. The number of hydrogen-bond donors (Lipinski definition) is 1. The molecule has 2 atom stereocenters. The molecular formula is C13H19N5O2. The molecule has 0 radical (unpaired) electrons. The Morgan fingerprint density at radius 1 is 1.40 bits per heavy atom. The third-order valence-electron chi connectivity index (χ3n) is 3.68. The quantitative estimate of drug-likeness (QED) is 0.878. The van der Waals surface area contributed by atoms with E-state index in [0.29, 0.717) is 13.0 Å². The van der Waals surface area contributed by atoms with Gasteiger partial charge in [0.05, 0.1) is 11.8 Å². The number of β-amino-alcohol motifs (C(OH)–C–C–N with tert-alkyl or cyclic N) is 1. The highest BCUT2D eigenvalue weighted by molar-refractivity contribution is 5.33. The SMILES string of the molecule is Cc1cc(C[C@@H]2CN(c3nc(C)nn3C)C[C@@H]2O)on1. The molecule has 2 aromatic heterocycles. The zero-order valence-electron chi connectivity index (χ0n) is 11.9. The van der Waals surface area contributed by atoms with Crippen molar-refractivity contribution in [1.82, 2.24) is 19.9 Å². The van der Waals surface area contributed by atoms with Crippen molar-refractivity contribution in [2.24, 2.45) is 13.0 Å². The Kier molecular flexibility index (Phi) is 3.21. The zero-order chi connectivity index (χ0) is 14.3. The van der Waals surface area contributed by atoms with Crippen LogP contribution in [-0.4, -0.2) is 44.2 Å². The fourth-order valence-corrected chi connectivity index (χ4v) is 2.77. The molecule has 2 aromatic rings. The highest BCUT2D eigenvalue weighted by atomic mass is 16.5. The van der Waals surface area contributed by atoms with E-state index in [1.54, 1.807) is 4.68 Å². The molecule has 0 aromatic carbocycles. The standard InChI is InChI=1S/C13H19N5O2/c1-8-4-11(20-16-8)5-10-6-18(7-12(10)19)13-14-9(2)15-17(13)3/h4,10,12,19H,5-7H2,1-3H3/t10-,12+/m1/s1. The van der Waals surface area contributed by atoms with E-state index >= 15 is 0 Å². The predicted octanol–water partition coefficient (Wildman–Crippen LogP) is 0.460. The number of aliphatic hydroxyl groups is 1. The topological polar surface area (TPSA) is 80.2 Å². The van der Waals surface area contributed by atoms with Gasteiger partial charge < -0.3 is 14.5 Å². The molecule has 20 heavy (non-hydrogen) atoms. The van der Waals surface area contributed by atoms with Crippen molar-refractivity contribution >= 4 is 5.95 Å². The van der Waals surface area contributed by atoms with E-state index in [9.17, 15) is 5.11 Å². The Bertz CT molecular complexity index is 606. The Morgan fingerprint density at radius 2 is 2.20 bits per heavy atom. The lowest BCUT2D eigenvalue weighted by Gasteiger charge is -2.15. The number of nitrogens with zero attached hydrogens (tertiary/aromatic N) is 5. The molecule has 1 fully saturated rings. The first-order valence-electron chi connectivity index (χ1n) is 6.76. The van der Waals surface area contributed by atoms with Gasteiger partial charge in [0.2, 0.25) is 5.95 Å². The minimum absolute atomic E-state index is 0.124. The Hall–Kier alpha value is -1.89. The fraction of sp³-hybridized carbons (Fsp3) is 0.615. The Labute approximate surface area is 117 Å². The third kappa shape index (κ3) is 2.40. The van der Waals surface area contributed by atoms with E-state index in [2.05, 4.69) is 20.1 Å². The van der Waals surface area contributed by atoms with Crippen molar-refractivity contribution in [3.8, 4) is 0 Å². The molecule has 1 N–H and O–H groups in total. The van der Waals surface area contributed by atoms with Crippen LogP contribution >= 0.6 is 0 Å². The van der Waals surface area contributed by atoms with Crippen molar-refractivity contribution in [3.05, 3.63) is 23.3 Å². The van der Waals surface area contributed by atoms with E-state index in [1.807, 2.05) is 27.0 Å². The van der Waals surface area contributed by atoms with Crippen molar-refractivity contribution in [2.75, 3.05) is 18.0 Å². The summed E-state index contributed by atoms with van der Waals surface area (Å²) in [7, 11) is 1.87. The summed E-state index contributed by atoms with van der Waals surface area (Å²) < 4.78 is 6.98. The number of aromatic nitrogens is 4. The van der Waals surface area contributed by atoms with Crippen LogP contribution in [0.3, 0.4) is 0 Å². The molecule has 7 heteroatoms. The van der Waals surface area contributed by atoms with Gasteiger partial charge in [-0.15, -0.1) is 0 Å². The molecule has 3 heterocycles. The smallest absolute Gasteiger partial charge is 0.223 e. The minimum Gasteiger partial charge on any atom is -0.391 e. The van der Waals surface area contributed by atoms with Gasteiger partial charge in [0.25, 0.3) is 0 Å². The van der Waals surface area contributed by atoms with Crippen LogP contribution in [0.2, 0.25) is 0 Å². The fourth-order valence-electron chi connectivity index (χ4n) is 2.77. The third-order valence-corrected chi connectivity index (χ3v) is 3.68. The van der Waals surface area contributed by atoms with Gasteiger partial charge in [-0.05, 0) is 13.8 Å². The minimum atomic E-state index is -0.391. The predicted molar refractivity (Wildman–Crippen MR) is 72.4 cm³/mol. The summed E-state index contributed by atoms with van der Waals surface area (Å²) >= 11 is 0. The molecule has 0 amide bonds. The highest BCUT2D eigenvalue weighted by Crippen LogP contribution is 2.25. The van der Waals surface area contributed by atoms with E-state index < -0.39 is 6.10 Å². The maximum Gasteiger partial charge on any atom is 0.223 e. The summed E-state index contributed by atoms with van der Waals surface area (Å²) in [5, 5.41) is 18.4. The van der Waals surface area contributed by atoms with Gasteiger partial charge >= 0.3 is 0 Å². The second-order valence-corrected chi connectivity index (χ2v) is 5.45. The number of aliphatic hydroxyl groups excluding tert-OH is 1. The van der Waals surface area contributed by atoms with Crippen molar-refractivity contribution in [2.45, 2.75) is 26.4 Å². The molecule has 108 valence electrons. The molecule has 0 saturated carbocycles. The second kappa shape index (κ2) is 4.90. The van der Waals surface area contributed by atoms with Crippen molar-refractivity contribution < 1.29 is 9.63 Å². The van der Waals surface area contributed by atoms with E-state index in [1.165, 1.54) is 0 Å². The first kappa shape index (κ1) is 13.1. The summed E-state index contributed by atoms with van der Waals surface area (Å²) in [6.45, 7) is 5.08. The van der Waals surface area contributed by atoms with Crippen LogP contribution in [0.15, 0.2) is 10.6 Å². The molecule has 0 unspecified atom stereocenters. The second-order valence-electron chi connectivity index (χ2n) is 5.45. The summed E-state index contributed by atoms with van der Waals surface area (Å²) in [4.78, 5) is 6.47. The van der Waals surface area contributed by atoms with Crippen molar-refractivity contribution in [1.29, 1.82) is 0 Å². The molecule has 1 aliphatic heterocycles. The molecule has 7 nitrogen and oxygen atoms in total. The molecular weight excluding hydrogens is 258 g/mol. The summed E-state index contributed by atoms with van der Waals surface area (Å²) in [6.07, 6.45) is 0.299. The van der Waals surface area contributed by atoms with Gasteiger partial charge in [-0.3, -0.25) is 0 Å². The number of rotatable bonds is 3. The van der Waals surface area contributed by atoms with Crippen LogP contribution in [0.4, 0.5) is 5.95 Å². The van der Waals surface area contributed by atoms with Gasteiger partial charge in [0, 0.05) is 38.5 Å². The number of hydrogen-bond acceptors (Lipinski definition) is 6. The normalized spacial score (nSPS) is 22.7. The summed E-state index contributed by atoms with van der Waals surface area (Å²) in [5.74, 6) is 2.49. The van der Waals surface area contributed by atoms with Crippen LogP contribution in [0.1, 0.15) is 17.3 Å². The highest BCUT2D eigenvalue weighted by Gasteiger charge is 2.34. The van der Waals surface area contributed by atoms with Gasteiger partial charge in [-0.1, -0.05) is 5.16 Å². The maximum absolute atomic E-state index is 10.2. The largest absolute Gasteiger partial charge is 0.391 e. The van der Waals surface area contributed by atoms with Crippen LogP contribution in [0.25, 0.3) is 0 Å². The lowest BCUT2D eigenvalue weighted by molar-refractivity contribution is 0.143. The summed E-state index contributed by atoms with van der Waals surface area (Å²) in [5.41, 5.74) is 0.869. The lowest BCUT2D eigenvalue weighted by Crippen LogP contribution is -2.24. The number of aryl methyl sites for hydroxylation is 3. The van der Waals surface area contributed by atoms with Gasteiger partial charge in [0.1, 0.15) is 11.6 Å². The average molecular weight is 277 g/mol. The van der Waals surface area contributed by atoms with Gasteiger partial charge in [0.15, 0.2) is 0 Å². The maximum atomic E-state index is 10.2. The van der Waals surface area contributed by atoms with Crippen LogP contribution in [-0.2, 0) is 13.5 Å². The molecule has 3 rings (SSSR count). The van der Waals surface area contributed by atoms with Crippen LogP contribution < -0.4 is 4.90 Å². The first-order chi connectivity index (χ1) is 9.52. The van der Waals surface area contributed by atoms with Gasteiger partial charge in [-0.2, -0.15) is 10.1 Å².